The van der Waals surface area contributed by atoms with E-state index < -0.39 is 17.0 Å². The second-order valence-electron chi connectivity index (χ2n) is 7.74. The average Bonchev–Trinajstić information content (AvgIpc) is 2.68. The van der Waals surface area contributed by atoms with E-state index >= 15 is 0 Å². The molecule has 2 aromatic carbocycles. The van der Waals surface area contributed by atoms with Crippen molar-refractivity contribution >= 4 is 17.3 Å². The molecule has 0 spiro atoms. The number of hydrogen-bond acceptors (Lipinski definition) is 6. The number of carbonyl (C=O) groups excluding carboxylic acids is 3. The molecule has 0 aliphatic heterocycles. The van der Waals surface area contributed by atoms with Crippen LogP contribution in [0.1, 0.15) is 63.2 Å². The van der Waals surface area contributed by atoms with Gasteiger partial charge in [-0.1, -0.05) is 19.1 Å². The molecule has 2 aromatic rings. The number of aromatic hydroxyl groups is 2. The number of hydrogen-bond donors (Lipinski definition) is 2. The Hall–Kier alpha value is -3.15. The molecule has 0 amide bonds. The zero-order chi connectivity index (χ0) is 20.4. The molecule has 0 heterocycles. The maximum absolute atomic E-state index is 13.2. The Morgan fingerprint density at radius 2 is 1.68 bits per heavy atom. The van der Waals surface area contributed by atoms with Gasteiger partial charge in [-0.25, -0.2) is 0 Å². The molecule has 0 radical (unpaired) electrons. The quantitative estimate of drug-likeness (QED) is 0.663. The highest BCUT2D eigenvalue weighted by atomic mass is 16.5. The molecule has 2 aliphatic carbocycles. The molecule has 0 aromatic heterocycles. The van der Waals surface area contributed by atoms with Crippen molar-refractivity contribution in [1.82, 2.24) is 0 Å². The number of fused-ring (bicyclic) bond motifs is 3. The number of phenols is 2. The number of phenolic OH excluding ortho intramolecular Hbond substituents is 2. The Balaban J connectivity index is 2.00. The fourth-order valence-corrected chi connectivity index (χ4v) is 4.29. The zero-order valence-corrected chi connectivity index (χ0v) is 15.9. The van der Waals surface area contributed by atoms with Gasteiger partial charge < -0.3 is 14.9 Å². The number of carbonyl (C=O) groups is 3. The molecule has 2 N–H and O–H groups in total. The van der Waals surface area contributed by atoms with Gasteiger partial charge in [-0.05, 0) is 32.3 Å². The van der Waals surface area contributed by atoms with Crippen LogP contribution < -0.4 is 4.74 Å². The Morgan fingerprint density at radius 3 is 2.32 bits per heavy atom. The molecule has 28 heavy (non-hydrogen) atoms. The molecule has 0 unspecified atom stereocenters. The van der Waals surface area contributed by atoms with Gasteiger partial charge in [0.1, 0.15) is 23.0 Å². The molecule has 4 rings (SSSR count). The highest BCUT2D eigenvalue weighted by Gasteiger charge is 2.43. The second kappa shape index (κ2) is 5.92. The number of Topliss-reactive ketones (excluding diaryl/α,β-unsaturated/α-hetero) is 1. The molecular formula is C22H20O6. The highest BCUT2D eigenvalue weighted by molar-refractivity contribution is 6.31. The van der Waals surface area contributed by atoms with Gasteiger partial charge in [-0.3, -0.25) is 14.4 Å². The van der Waals surface area contributed by atoms with Crippen LogP contribution in [0.2, 0.25) is 0 Å². The molecule has 2 aliphatic rings. The van der Waals surface area contributed by atoms with Gasteiger partial charge in [0, 0.05) is 22.1 Å². The third-order valence-corrected chi connectivity index (χ3v) is 6.18. The van der Waals surface area contributed by atoms with E-state index in [1.165, 1.54) is 20.1 Å². The topological polar surface area (TPSA) is 101 Å². The lowest BCUT2D eigenvalue weighted by molar-refractivity contribution is -0.126. The summed E-state index contributed by atoms with van der Waals surface area (Å²) in [5, 5.41) is 21.8. The first kappa shape index (κ1) is 18.2. The van der Waals surface area contributed by atoms with Gasteiger partial charge >= 0.3 is 0 Å². The summed E-state index contributed by atoms with van der Waals surface area (Å²) in [7, 11) is 1.40. The molecule has 0 bridgehead atoms. The van der Waals surface area contributed by atoms with Crippen molar-refractivity contribution in [2.45, 2.75) is 33.1 Å². The predicted molar refractivity (Wildman–Crippen MR) is 100 cm³/mol. The van der Waals surface area contributed by atoms with Crippen molar-refractivity contribution in [3.05, 3.63) is 51.6 Å². The summed E-state index contributed by atoms with van der Waals surface area (Å²) in [6.07, 6.45) is 1.03. The second-order valence-corrected chi connectivity index (χ2v) is 7.74. The molecule has 6 heteroatoms. The van der Waals surface area contributed by atoms with Crippen molar-refractivity contribution in [1.29, 1.82) is 0 Å². The Labute approximate surface area is 161 Å². The van der Waals surface area contributed by atoms with E-state index in [0.717, 1.165) is 0 Å². The third kappa shape index (κ3) is 2.24. The summed E-state index contributed by atoms with van der Waals surface area (Å²) in [4.78, 5) is 38.4. The Kier molecular flexibility index (Phi) is 3.86. The minimum Gasteiger partial charge on any atom is -0.507 e. The van der Waals surface area contributed by atoms with Crippen LogP contribution in [0.5, 0.6) is 17.2 Å². The molecular weight excluding hydrogens is 360 g/mol. The first-order valence-corrected chi connectivity index (χ1v) is 9.08. The van der Waals surface area contributed by atoms with Gasteiger partial charge in [0.15, 0.2) is 5.78 Å². The first-order valence-electron chi connectivity index (χ1n) is 9.08. The minimum absolute atomic E-state index is 0.0211. The summed E-state index contributed by atoms with van der Waals surface area (Å²) < 4.78 is 5.23. The van der Waals surface area contributed by atoms with E-state index in [0.29, 0.717) is 24.0 Å². The van der Waals surface area contributed by atoms with E-state index in [1.807, 2.05) is 0 Å². The molecule has 0 saturated heterocycles. The smallest absolute Gasteiger partial charge is 0.202 e. The summed E-state index contributed by atoms with van der Waals surface area (Å²) in [6.45, 7) is 3.30. The summed E-state index contributed by atoms with van der Waals surface area (Å²) in [6, 6.07) is 4.66. The van der Waals surface area contributed by atoms with Crippen molar-refractivity contribution in [2.75, 3.05) is 7.11 Å². The third-order valence-electron chi connectivity index (χ3n) is 6.18. The number of rotatable bonds is 2. The fraction of sp³-hybridized carbons (Fsp3) is 0.318. The lowest BCUT2D eigenvalue weighted by Crippen LogP contribution is -2.33. The van der Waals surface area contributed by atoms with E-state index in [9.17, 15) is 24.6 Å². The normalized spacial score (nSPS) is 20.2. The Bertz CT molecular complexity index is 1080. The van der Waals surface area contributed by atoms with Crippen LogP contribution >= 0.6 is 0 Å². The van der Waals surface area contributed by atoms with Crippen LogP contribution in [-0.2, 0) is 17.6 Å². The van der Waals surface area contributed by atoms with Crippen LogP contribution in [0.15, 0.2) is 18.2 Å². The summed E-state index contributed by atoms with van der Waals surface area (Å²) in [5.74, 6) is -1.49. The average molecular weight is 380 g/mol. The van der Waals surface area contributed by atoms with Crippen LogP contribution in [0.25, 0.3) is 0 Å². The highest BCUT2D eigenvalue weighted by Crippen LogP contribution is 2.49. The van der Waals surface area contributed by atoms with Crippen molar-refractivity contribution in [3.63, 3.8) is 0 Å². The zero-order valence-electron chi connectivity index (χ0n) is 15.9. The summed E-state index contributed by atoms with van der Waals surface area (Å²) in [5.41, 5.74) is -0.0756. The minimum atomic E-state index is -0.687. The first-order chi connectivity index (χ1) is 13.2. The van der Waals surface area contributed by atoms with Gasteiger partial charge in [0.05, 0.1) is 23.8 Å². The molecule has 1 atom stereocenters. The van der Waals surface area contributed by atoms with Crippen LogP contribution in [-0.4, -0.2) is 34.7 Å². The number of methoxy groups -OCH3 is 1. The summed E-state index contributed by atoms with van der Waals surface area (Å²) >= 11 is 0. The fourth-order valence-electron chi connectivity index (χ4n) is 4.29. The van der Waals surface area contributed by atoms with Gasteiger partial charge in [-0.15, -0.1) is 0 Å². The SMILES string of the molecule is COc1cccc2c1C(=O)c1c(O)c3c(c(O)c1C2=O)C[C@@](C)(C(C)=O)CC3. The molecule has 6 nitrogen and oxygen atoms in total. The standard InChI is InChI=1S/C22H20O6/c1-10(23)22(2)8-7-11-13(9-22)20(26)16-17(18(11)24)21(27)15-12(19(16)25)5-4-6-14(15)28-3/h4-6,24,26H,7-9H2,1-3H3/t22-/m0/s1. The van der Waals surface area contributed by atoms with E-state index in [-0.39, 0.29) is 51.7 Å². The van der Waals surface area contributed by atoms with E-state index in [2.05, 4.69) is 0 Å². The maximum Gasteiger partial charge on any atom is 0.202 e. The van der Waals surface area contributed by atoms with Crippen LogP contribution in [0.3, 0.4) is 0 Å². The predicted octanol–water partition coefficient (Wildman–Crippen LogP) is 2.97. The number of benzene rings is 2. The van der Waals surface area contributed by atoms with E-state index in [4.69, 9.17) is 4.74 Å². The van der Waals surface area contributed by atoms with Crippen molar-refractivity contribution in [3.8, 4) is 17.2 Å². The van der Waals surface area contributed by atoms with Crippen LogP contribution in [0.4, 0.5) is 0 Å². The van der Waals surface area contributed by atoms with Crippen molar-refractivity contribution in [2.24, 2.45) is 5.41 Å². The van der Waals surface area contributed by atoms with Gasteiger partial charge in [0.2, 0.25) is 5.78 Å². The van der Waals surface area contributed by atoms with E-state index in [1.54, 1.807) is 19.1 Å². The number of ether oxygens (including phenoxy) is 1. The largest absolute Gasteiger partial charge is 0.507 e. The monoisotopic (exact) mass is 380 g/mol. The molecule has 0 saturated carbocycles. The van der Waals surface area contributed by atoms with Gasteiger partial charge in [-0.2, -0.15) is 0 Å². The lowest BCUT2D eigenvalue weighted by atomic mass is 9.68. The number of ketones is 3. The molecule has 0 fully saturated rings. The Morgan fingerprint density at radius 1 is 1.04 bits per heavy atom. The van der Waals surface area contributed by atoms with Gasteiger partial charge in [0.25, 0.3) is 0 Å². The maximum atomic E-state index is 13.2. The van der Waals surface area contributed by atoms with Crippen molar-refractivity contribution < 1.29 is 29.3 Å². The lowest BCUT2D eigenvalue weighted by Gasteiger charge is -2.35. The van der Waals surface area contributed by atoms with Crippen LogP contribution in [0, 0.1) is 5.41 Å². The molecule has 144 valence electrons.